The maximum Gasteiger partial charge on any atom is 0.278 e. The first-order chi connectivity index (χ1) is 17.5. The lowest BCUT2D eigenvalue weighted by Gasteiger charge is -2.51. The smallest absolute Gasteiger partial charge is 0.278 e. The van der Waals surface area contributed by atoms with E-state index in [-0.39, 0.29) is 37.6 Å². The highest BCUT2D eigenvalue weighted by atomic mass is 19.2. The van der Waals surface area contributed by atoms with E-state index in [1.54, 1.807) is 26.9 Å². The lowest BCUT2D eigenvalue weighted by molar-refractivity contribution is -0.0196. The molecule has 2 unspecified atom stereocenters. The predicted octanol–water partition coefficient (Wildman–Crippen LogP) is 2.08. The van der Waals surface area contributed by atoms with Gasteiger partial charge in [0.15, 0.2) is 23.1 Å². The summed E-state index contributed by atoms with van der Waals surface area (Å²) in [6, 6.07) is 8.63. The second-order valence-corrected chi connectivity index (χ2v) is 9.07. The molecule has 0 spiro atoms. The van der Waals surface area contributed by atoms with Gasteiger partial charge in [-0.3, -0.25) is 19.3 Å². The maximum atomic E-state index is 15.3. The van der Waals surface area contributed by atoms with Gasteiger partial charge in [-0.1, -0.05) is 18.2 Å². The molecule has 1 fully saturated rings. The van der Waals surface area contributed by atoms with Crippen molar-refractivity contribution in [2.24, 2.45) is 0 Å². The molecule has 1 saturated heterocycles. The summed E-state index contributed by atoms with van der Waals surface area (Å²) < 4.78 is 38.7. The zero-order valence-corrected chi connectivity index (χ0v) is 18.8. The molecule has 1 amide bonds. The quantitative estimate of drug-likeness (QED) is 0.439. The number of carbonyl (C=O) groups excluding carboxylic acids is 1. The van der Waals surface area contributed by atoms with Crippen LogP contribution in [0, 0.1) is 11.6 Å². The summed E-state index contributed by atoms with van der Waals surface area (Å²) in [7, 11) is 0. The van der Waals surface area contributed by atoms with Gasteiger partial charge < -0.3 is 19.3 Å². The highest BCUT2D eigenvalue weighted by Crippen LogP contribution is 2.42. The Morgan fingerprint density at radius 1 is 1.08 bits per heavy atom. The van der Waals surface area contributed by atoms with Gasteiger partial charge in [0.25, 0.3) is 5.91 Å². The van der Waals surface area contributed by atoms with E-state index in [9.17, 15) is 19.1 Å². The van der Waals surface area contributed by atoms with Gasteiger partial charge in [-0.25, -0.2) is 13.8 Å². The van der Waals surface area contributed by atoms with Crippen molar-refractivity contribution < 1.29 is 23.4 Å². The Bertz CT molecular complexity index is 1650. The number of imidazole rings is 1. The third kappa shape index (κ3) is 2.68. The summed E-state index contributed by atoms with van der Waals surface area (Å²) in [5.41, 5.74) is 1.95. The number of aromatic hydroxyl groups is 1. The molecule has 2 aromatic carbocycles. The van der Waals surface area contributed by atoms with Crippen LogP contribution >= 0.6 is 0 Å². The summed E-state index contributed by atoms with van der Waals surface area (Å²) >= 11 is 0. The molecule has 0 saturated carbocycles. The number of morpholine rings is 1. The molecule has 2 aromatic heterocycles. The average molecular weight is 491 g/mol. The SMILES string of the molecule is O=C1c2c(O)c(=O)ccn2N(C2c3ccc(F)c(F)c3Cn3cnc4cccc2c43)C2COCCN12. The number of benzene rings is 2. The third-order valence-electron chi connectivity index (χ3n) is 7.26. The van der Waals surface area contributed by atoms with Gasteiger partial charge in [0.2, 0.25) is 5.43 Å². The van der Waals surface area contributed by atoms with Crippen molar-refractivity contribution in [3.8, 4) is 5.75 Å². The molecular formula is C25H19F2N5O4. The van der Waals surface area contributed by atoms with Crippen molar-refractivity contribution in [3.05, 3.63) is 93.2 Å². The Hall–Kier alpha value is -4.25. The number of halogens is 2. The van der Waals surface area contributed by atoms with Crippen LogP contribution in [-0.2, 0) is 11.3 Å². The van der Waals surface area contributed by atoms with Crippen molar-refractivity contribution in [1.29, 1.82) is 0 Å². The van der Waals surface area contributed by atoms with Crippen LogP contribution in [0.5, 0.6) is 5.75 Å². The van der Waals surface area contributed by atoms with Gasteiger partial charge in [-0.15, -0.1) is 0 Å². The minimum atomic E-state index is -0.965. The molecule has 5 heterocycles. The number of ether oxygens (including phenoxy) is 1. The Morgan fingerprint density at radius 2 is 1.94 bits per heavy atom. The number of hydrogen-bond acceptors (Lipinski definition) is 6. The number of fused-ring (bicyclic) bond motifs is 3. The van der Waals surface area contributed by atoms with Crippen LogP contribution in [0.3, 0.4) is 0 Å². The largest absolute Gasteiger partial charge is 0.502 e. The van der Waals surface area contributed by atoms with E-state index in [2.05, 4.69) is 4.98 Å². The summed E-state index contributed by atoms with van der Waals surface area (Å²) in [5.74, 6) is -3.09. The van der Waals surface area contributed by atoms with Crippen LogP contribution in [0.25, 0.3) is 11.0 Å². The van der Waals surface area contributed by atoms with Gasteiger partial charge in [-0.2, -0.15) is 0 Å². The molecule has 4 aromatic rings. The molecule has 2 atom stereocenters. The van der Waals surface area contributed by atoms with Gasteiger partial charge in [-0.05, 0) is 17.7 Å². The van der Waals surface area contributed by atoms with E-state index in [1.807, 2.05) is 18.2 Å². The summed E-state index contributed by atoms with van der Waals surface area (Å²) in [4.78, 5) is 31.7. The molecule has 11 heteroatoms. The number of aromatic nitrogens is 3. The molecule has 7 rings (SSSR count). The van der Waals surface area contributed by atoms with E-state index >= 15 is 4.39 Å². The number of carbonyl (C=O) groups is 1. The third-order valence-corrected chi connectivity index (χ3v) is 7.26. The molecule has 3 aliphatic heterocycles. The van der Waals surface area contributed by atoms with Gasteiger partial charge in [0.1, 0.15) is 12.2 Å². The normalized spacial score (nSPS) is 20.7. The zero-order chi connectivity index (χ0) is 24.7. The van der Waals surface area contributed by atoms with Crippen LogP contribution in [-0.4, -0.2) is 56.1 Å². The first kappa shape index (κ1) is 21.1. The van der Waals surface area contributed by atoms with Gasteiger partial charge in [0, 0.05) is 29.9 Å². The minimum Gasteiger partial charge on any atom is -0.502 e. The van der Waals surface area contributed by atoms with Crippen LogP contribution in [0.4, 0.5) is 8.78 Å². The van der Waals surface area contributed by atoms with E-state index in [4.69, 9.17) is 4.74 Å². The lowest BCUT2D eigenvalue weighted by Crippen LogP contribution is -2.66. The van der Waals surface area contributed by atoms with Crippen LogP contribution in [0.15, 0.2) is 53.7 Å². The summed E-state index contributed by atoms with van der Waals surface area (Å²) in [6.07, 6.45) is 2.37. The van der Waals surface area contributed by atoms with Crippen molar-refractivity contribution in [3.63, 3.8) is 0 Å². The average Bonchev–Trinajstić information content (AvgIpc) is 3.24. The monoisotopic (exact) mass is 491 g/mol. The number of nitrogens with zero attached hydrogens (tertiary/aromatic N) is 5. The number of amides is 1. The highest BCUT2D eigenvalue weighted by Gasteiger charge is 2.46. The molecule has 0 radical (unpaired) electrons. The molecule has 0 aliphatic carbocycles. The minimum absolute atomic E-state index is 0.0584. The fourth-order valence-corrected chi connectivity index (χ4v) is 5.67. The standard InChI is InChI=1S/C25H19F2N5O4/c26-16-5-4-13-15(20(16)27)10-29-12-28-17-3-1-2-14(22(17)29)21(13)32-19-11-36-9-8-30(19)25(35)23-24(34)18(33)6-7-31(23)32/h1-7,12,19,21,34H,8-11H2. The topological polar surface area (TPSA) is 92.8 Å². The van der Waals surface area contributed by atoms with E-state index in [1.165, 1.54) is 16.9 Å². The maximum absolute atomic E-state index is 15.3. The second kappa shape index (κ2) is 7.37. The van der Waals surface area contributed by atoms with Crippen LogP contribution in [0.2, 0.25) is 0 Å². The van der Waals surface area contributed by atoms with E-state index < -0.39 is 40.9 Å². The molecule has 1 N–H and O–H groups in total. The van der Waals surface area contributed by atoms with E-state index in [0.717, 1.165) is 17.1 Å². The zero-order valence-electron chi connectivity index (χ0n) is 18.8. The van der Waals surface area contributed by atoms with Crippen LogP contribution < -0.4 is 10.4 Å². The molecule has 36 heavy (non-hydrogen) atoms. The predicted molar refractivity (Wildman–Crippen MR) is 123 cm³/mol. The fraction of sp³-hybridized carbons (Fsp3) is 0.240. The Balaban J connectivity index is 1.59. The summed E-state index contributed by atoms with van der Waals surface area (Å²) in [6.45, 7) is 0.727. The van der Waals surface area contributed by atoms with Gasteiger partial charge >= 0.3 is 0 Å². The first-order valence-electron chi connectivity index (χ1n) is 11.5. The molecular weight excluding hydrogens is 472 g/mol. The lowest BCUT2D eigenvalue weighted by atomic mass is 9.93. The molecule has 182 valence electrons. The second-order valence-electron chi connectivity index (χ2n) is 9.07. The first-order valence-corrected chi connectivity index (χ1v) is 11.5. The Labute approximate surface area is 202 Å². The number of para-hydroxylation sites is 1. The Morgan fingerprint density at radius 3 is 2.81 bits per heavy atom. The van der Waals surface area contributed by atoms with Crippen LogP contribution in [0.1, 0.15) is 33.2 Å². The highest BCUT2D eigenvalue weighted by molar-refractivity contribution is 5.96. The number of pyridine rings is 1. The summed E-state index contributed by atoms with van der Waals surface area (Å²) in [5, 5.41) is 12.5. The van der Waals surface area contributed by atoms with E-state index in [0.29, 0.717) is 11.1 Å². The number of rotatable bonds is 1. The van der Waals surface area contributed by atoms with Crippen molar-refractivity contribution in [1.82, 2.24) is 19.1 Å². The van der Waals surface area contributed by atoms with Gasteiger partial charge in [0.05, 0.1) is 37.1 Å². The molecule has 3 aliphatic rings. The van der Waals surface area contributed by atoms with Crippen molar-refractivity contribution in [2.75, 3.05) is 24.8 Å². The Kier molecular flexibility index (Phi) is 4.32. The fourth-order valence-electron chi connectivity index (χ4n) is 5.67. The molecule has 9 nitrogen and oxygen atoms in total. The van der Waals surface area contributed by atoms with Crippen molar-refractivity contribution in [2.45, 2.75) is 18.8 Å². The number of hydrogen-bond donors (Lipinski definition) is 1. The molecule has 0 bridgehead atoms. The van der Waals surface area contributed by atoms with Crippen molar-refractivity contribution >= 4 is 16.9 Å².